The molecule has 0 saturated carbocycles. The average Bonchev–Trinajstić information content (AvgIpc) is 3.24. The molecule has 0 unspecified atom stereocenters. The number of hydrogen-bond acceptors (Lipinski definition) is 5. The smallest absolute Gasteiger partial charge is 0.229 e. The molecule has 1 saturated heterocycles. The molecule has 0 spiro atoms. The number of nitrogens with one attached hydrogen (secondary N) is 2. The van der Waals surface area contributed by atoms with Gasteiger partial charge >= 0.3 is 0 Å². The van der Waals surface area contributed by atoms with Crippen molar-refractivity contribution in [3.05, 3.63) is 71.9 Å². The predicted molar refractivity (Wildman–Crippen MR) is 117 cm³/mol. The number of anilines is 4. The van der Waals surface area contributed by atoms with E-state index in [0.717, 1.165) is 43.3 Å². The van der Waals surface area contributed by atoms with Gasteiger partial charge in [0.25, 0.3) is 0 Å². The van der Waals surface area contributed by atoms with Crippen molar-refractivity contribution in [1.29, 1.82) is 0 Å². The molecular formula is C23H27N5. The van der Waals surface area contributed by atoms with E-state index in [-0.39, 0.29) is 0 Å². The second-order valence-electron chi connectivity index (χ2n) is 7.25. The van der Waals surface area contributed by atoms with Crippen molar-refractivity contribution in [3.63, 3.8) is 0 Å². The fourth-order valence-corrected chi connectivity index (χ4v) is 3.55. The van der Waals surface area contributed by atoms with Gasteiger partial charge in [-0.2, -0.15) is 4.98 Å². The monoisotopic (exact) mass is 373 g/mol. The van der Waals surface area contributed by atoms with Crippen LogP contribution in [0.2, 0.25) is 0 Å². The molecule has 1 aliphatic rings. The highest BCUT2D eigenvalue weighted by Gasteiger charge is 2.12. The Morgan fingerprint density at radius 2 is 1.68 bits per heavy atom. The normalized spacial score (nSPS) is 13.5. The third-order valence-electron chi connectivity index (χ3n) is 5.01. The molecule has 5 heteroatoms. The minimum Gasteiger partial charge on any atom is -0.372 e. The van der Waals surface area contributed by atoms with Gasteiger partial charge in [0, 0.05) is 42.8 Å². The van der Waals surface area contributed by atoms with E-state index in [1.54, 1.807) is 0 Å². The van der Waals surface area contributed by atoms with Crippen LogP contribution in [0.5, 0.6) is 0 Å². The van der Waals surface area contributed by atoms with Crippen LogP contribution in [0.15, 0.2) is 60.7 Å². The summed E-state index contributed by atoms with van der Waals surface area (Å²) in [4.78, 5) is 11.6. The van der Waals surface area contributed by atoms with E-state index in [1.807, 2.05) is 19.1 Å². The summed E-state index contributed by atoms with van der Waals surface area (Å²) in [6.45, 7) is 5.15. The summed E-state index contributed by atoms with van der Waals surface area (Å²) in [6, 6.07) is 21.0. The minimum absolute atomic E-state index is 0.621. The molecule has 1 aliphatic heterocycles. The van der Waals surface area contributed by atoms with Crippen molar-refractivity contribution in [2.24, 2.45) is 0 Å². The van der Waals surface area contributed by atoms with Crippen LogP contribution in [-0.2, 0) is 6.42 Å². The van der Waals surface area contributed by atoms with Gasteiger partial charge in [-0.1, -0.05) is 30.3 Å². The standard InChI is InChI=1S/C23H27N5/c1-18-17-22(24-14-13-19-7-3-2-4-8-19)27-23(25-18)26-20-9-11-21(12-10-20)28-15-5-6-16-28/h2-4,7-12,17H,5-6,13-16H2,1H3,(H2,24,25,26,27). The van der Waals surface area contributed by atoms with E-state index in [9.17, 15) is 0 Å². The Morgan fingerprint density at radius 1 is 0.929 bits per heavy atom. The van der Waals surface area contributed by atoms with Crippen LogP contribution in [-0.4, -0.2) is 29.6 Å². The Morgan fingerprint density at radius 3 is 2.43 bits per heavy atom. The van der Waals surface area contributed by atoms with Gasteiger partial charge in [-0.15, -0.1) is 0 Å². The lowest BCUT2D eigenvalue weighted by Crippen LogP contribution is -2.17. The molecule has 0 atom stereocenters. The van der Waals surface area contributed by atoms with Gasteiger partial charge in [-0.3, -0.25) is 0 Å². The number of benzene rings is 2. The first kappa shape index (κ1) is 18.3. The fourth-order valence-electron chi connectivity index (χ4n) is 3.55. The Hall–Kier alpha value is -3.08. The van der Waals surface area contributed by atoms with E-state index < -0.39 is 0 Å². The molecule has 1 fully saturated rings. The largest absolute Gasteiger partial charge is 0.372 e. The quantitative estimate of drug-likeness (QED) is 0.624. The van der Waals surface area contributed by atoms with Crippen molar-refractivity contribution in [3.8, 4) is 0 Å². The maximum absolute atomic E-state index is 4.62. The highest BCUT2D eigenvalue weighted by Crippen LogP contribution is 2.23. The van der Waals surface area contributed by atoms with Crippen LogP contribution in [0.3, 0.4) is 0 Å². The molecule has 0 bridgehead atoms. The molecule has 2 aromatic carbocycles. The van der Waals surface area contributed by atoms with Gasteiger partial charge in [0.05, 0.1) is 0 Å². The van der Waals surface area contributed by atoms with Crippen LogP contribution in [0.1, 0.15) is 24.1 Å². The zero-order valence-corrected chi connectivity index (χ0v) is 16.4. The topological polar surface area (TPSA) is 53.1 Å². The zero-order valence-electron chi connectivity index (χ0n) is 16.4. The molecule has 144 valence electrons. The molecule has 2 N–H and O–H groups in total. The van der Waals surface area contributed by atoms with Gasteiger partial charge in [-0.05, 0) is 56.0 Å². The summed E-state index contributed by atoms with van der Waals surface area (Å²) in [5.74, 6) is 1.47. The summed E-state index contributed by atoms with van der Waals surface area (Å²) in [7, 11) is 0. The second-order valence-corrected chi connectivity index (χ2v) is 7.25. The molecule has 2 heterocycles. The van der Waals surface area contributed by atoms with E-state index in [1.165, 1.54) is 24.1 Å². The molecule has 5 nitrogen and oxygen atoms in total. The maximum atomic E-state index is 4.62. The van der Waals surface area contributed by atoms with Crippen LogP contribution < -0.4 is 15.5 Å². The summed E-state index contributed by atoms with van der Waals surface area (Å²) >= 11 is 0. The predicted octanol–water partition coefficient (Wildman–Crippen LogP) is 4.78. The van der Waals surface area contributed by atoms with Crippen LogP contribution in [0, 0.1) is 6.92 Å². The van der Waals surface area contributed by atoms with Crippen molar-refractivity contribution >= 4 is 23.1 Å². The molecule has 3 aromatic rings. The first-order chi connectivity index (χ1) is 13.8. The van der Waals surface area contributed by atoms with Gasteiger partial charge in [0.2, 0.25) is 5.95 Å². The van der Waals surface area contributed by atoms with E-state index in [2.05, 4.69) is 74.0 Å². The molecule has 0 aliphatic carbocycles. The molecule has 28 heavy (non-hydrogen) atoms. The lowest BCUT2D eigenvalue weighted by molar-refractivity contribution is 0.949. The Labute approximate surface area is 166 Å². The lowest BCUT2D eigenvalue weighted by Gasteiger charge is -2.18. The third-order valence-corrected chi connectivity index (χ3v) is 5.01. The summed E-state index contributed by atoms with van der Waals surface area (Å²) in [6.07, 6.45) is 3.54. The SMILES string of the molecule is Cc1cc(NCCc2ccccc2)nc(Nc2ccc(N3CCCC3)cc2)n1. The number of rotatable bonds is 7. The number of hydrogen-bond donors (Lipinski definition) is 2. The molecule has 0 amide bonds. The summed E-state index contributed by atoms with van der Waals surface area (Å²) < 4.78 is 0. The summed E-state index contributed by atoms with van der Waals surface area (Å²) in [5, 5.41) is 6.74. The highest BCUT2D eigenvalue weighted by atomic mass is 15.2. The molecular weight excluding hydrogens is 346 g/mol. The zero-order chi connectivity index (χ0) is 19.2. The molecule has 0 radical (unpaired) electrons. The van der Waals surface area contributed by atoms with Crippen LogP contribution in [0.25, 0.3) is 0 Å². The summed E-state index contributed by atoms with van der Waals surface area (Å²) in [5.41, 5.74) is 4.55. The lowest BCUT2D eigenvalue weighted by atomic mass is 10.1. The van der Waals surface area contributed by atoms with Crippen molar-refractivity contribution in [2.45, 2.75) is 26.2 Å². The van der Waals surface area contributed by atoms with Gasteiger partial charge in [0.15, 0.2) is 0 Å². The number of aromatic nitrogens is 2. The van der Waals surface area contributed by atoms with Gasteiger partial charge < -0.3 is 15.5 Å². The van der Waals surface area contributed by atoms with E-state index in [4.69, 9.17) is 0 Å². The van der Waals surface area contributed by atoms with E-state index >= 15 is 0 Å². The fraction of sp³-hybridized carbons (Fsp3) is 0.304. The Kier molecular flexibility index (Phi) is 5.71. The maximum Gasteiger partial charge on any atom is 0.229 e. The van der Waals surface area contributed by atoms with Gasteiger partial charge in [-0.25, -0.2) is 4.98 Å². The second kappa shape index (κ2) is 8.74. The van der Waals surface area contributed by atoms with Crippen LogP contribution in [0.4, 0.5) is 23.1 Å². The third kappa shape index (κ3) is 4.80. The Balaban J connectivity index is 1.37. The van der Waals surface area contributed by atoms with Gasteiger partial charge in [0.1, 0.15) is 5.82 Å². The van der Waals surface area contributed by atoms with Crippen molar-refractivity contribution in [1.82, 2.24) is 9.97 Å². The molecule has 4 rings (SSSR count). The minimum atomic E-state index is 0.621. The first-order valence-corrected chi connectivity index (χ1v) is 10.0. The number of nitrogens with zero attached hydrogens (tertiary/aromatic N) is 3. The van der Waals surface area contributed by atoms with Crippen molar-refractivity contribution in [2.75, 3.05) is 35.2 Å². The van der Waals surface area contributed by atoms with Crippen LogP contribution >= 0.6 is 0 Å². The van der Waals surface area contributed by atoms with Crippen molar-refractivity contribution < 1.29 is 0 Å². The van der Waals surface area contributed by atoms with E-state index in [0.29, 0.717) is 5.95 Å². The number of aryl methyl sites for hydroxylation is 1. The Bertz CT molecular complexity index is 887. The molecule has 1 aromatic heterocycles. The first-order valence-electron chi connectivity index (χ1n) is 10.0. The highest BCUT2D eigenvalue weighted by molar-refractivity contribution is 5.60. The average molecular weight is 374 g/mol.